The maximum atomic E-state index is 4.92. The van der Waals surface area contributed by atoms with Gasteiger partial charge in [0.25, 0.3) is 0 Å². The molecule has 0 aliphatic carbocycles. The van der Waals surface area contributed by atoms with Crippen molar-refractivity contribution in [3.63, 3.8) is 0 Å². The molecule has 0 fully saturated rings. The summed E-state index contributed by atoms with van der Waals surface area (Å²) in [6.07, 6.45) is 4.12. The highest BCUT2D eigenvalue weighted by molar-refractivity contribution is 4.83. The number of hydrogen-bond acceptors (Lipinski definition) is 2. The second-order valence-electron chi connectivity index (χ2n) is 2.27. The average molecular weight is 143 g/mol. The van der Waals surface area contributed by atoms with Crippen molar-refractivity contribution in [2.45, 2.75) is 18.9 Å². The zero-order chi connectivity index (χ0) is 7.82. The van der Waals surface area contributed by atoms with E-state index < -0.39 is 0 Å². The van der Waals surface area contributed by atoms with E-state index in [1.54, 1.807) is 7.11 Å². The summed E-state index contributed by atoms with van der Waals surface area (Å²) in [5, 5.41) is 3.14. The highest BCUT2D eigenvalue weighted by Crippen LogP contribution is 1.96. The van der Waals surface area contributed by atoms with Crippen molar-refractivity contribution < 1.29 is 4.74 Å². The molecule has 0 bridgehead atoms. The van der Waals surface area contributed by atoms with Crippen LogP contribution < -0.4 is 5.32 Å². The maximum Gasteiger partial charge on any atom is 0.0462 e. The molecule has 1 unspecified atom stereocenters. The fourth-order valence-electron chi connectivity index (χ4n) is 0.828. The molecule has 0 amide bonds. The van der Waals surface area contributed by atoms with Crippen LogP contribution in [0.15, 0.2) is 12.7 Å². The summed E-state index contributed by atoms with van der Waals surface area (Å²) in [5.74, 6) is 0. The number of methoxy groups -OCH3 is 1. The van der Waals surface area contributed by atoms with E-state index in [1.165, 1.54) is 0 Å². The Morgan fingerprint density at radius 3 is 2.80 bits per heavy atom. The van der Waals surface area contributed by atoms with Gasteiger partial charge >= 0.3 is 0 Å². The number of nitrogens with one attached hydrogen (secondary N) is 1. The Bertz CT molecular complexity index is 83.3. The molecule has 0 aromatic carbocycles. The van der Waals surface area contributed by atoms with Gasteiger partial charge in [-0.1, -0.05) is 6.08 Å². The molecule has 2 heteroatoms. The van der Waals surface area contributed by atoms with Crippen LogP contribution in [0.1, 0.15) is 12.8 Å². The van der Waals surface area contributed by atoms with Crippen molar-refractivity contribution in [3.05, 3.63) is 12.7 Å². The van der Waals surface area contributed by atoms with Gasteiger partial charge in [0.15, 0.2) is 0 Å². The fourth-order valence-corrected chi connectivity index (χ4v) is 0.828. The Hall–Kier alpha value is -0.340. The summed E-state index contributed by atoms with van der Waals surface area (Å²) in [6, 6.07) is 0.440. The molecule has 0 aromatic rings. The minimum atomic E-state index is 0.440. The van der Waals surface area contributed by atoms with Crippen molar-refractivity contribution in [1.29, 1.82) is 0 Å². The van der Waals surface area contributed by atoms with Gasteiger partial charge in [0.1, 0.15) is 0 Å². The SMILES string of the molecule is C=CC(CCCOC)NC. The smallest absolute Gasteiger partial charge is 0.0462 e. The summed E-state index contributed by atoms with van der Waals surface area (Å²) in [4.78, 5) is 0. The van der Waals surface area contributed by atoms with Gasteiger partial charge in [-0.15, -0.1) is 6.58 Å². The highest BCUT2D eigenvalue weighted by atomic mass is 16.5. The molecule has 0 heterocycles. The van der Waals surface area contributed by atoms with Gasteiger partial charge in [-0.2, -0.15) is 0 Å². The van der Waals surface area contributed by atoms with Gasteiger partial charge in [0.05, 0.1) is 0 Å². The predicted molar refractivity (Wildman–Crippen MR) is 44.2 cm³/mol. The first-order valence-corrected chi connectivity index (χ1v) is 3.64. The third-order valence-electron chi connectivity index (χ3n) is 1.52. The lowest BCUT2D eigenvalue weighted by Gasteiger charge is -2.09. The molecule has 0 aromatic heterocycles. The van der Waals surface area contributed by atoms with Crippen LogP contribution in [-0.2, 0) is 4.74 Å². The first-order valence-electron chi connectivity index (χ1n) is 3.64. The quantitative estimate of drug-likeness (QED) is 0.445. The van der Waals surface area contributed by atoms with Gasteiger partial charge in [0.2, 0.25) is 0 Å². The molecule has 0 aliphatic heterocycles. The second-order valence-corrected chi connectivity index (χ2v) is 2.27. The maximum absolute atomic E-state index is 4.92. The van der Waals surface area contributed by atoms with Crippen LogP contribution in [0.5, 0.6) is 0 Å². The zero-order valence-electron chi connectivity index (χ0n) is 6.89. The topological polar surface area (TPSA) is 21.3 Å². The van der Waals surface area contributed by atoms with Gasteiger partial charge in [-0.05, 0) is 19.9 Å². The molecular formula is C8H17NO. The van der Waals surface area contributed by atoms with Crippen LogP contribution in [0, 0.1) is 0 Å². The van der Waals surface area contributed by atoms with Crippen molar-refractivity contribution in [2.75, 3.05) is 20.8 Å². The van der Waals surface area contributed by atoms with E-state index in [0.717, 1.165) is 19.4 Å². The molecule has 1 atom stereocenters. The summed E-state index contributed by atoms with van der Waals surface area (Å²) in [7, 11) is 3.67. The lowest BCUT2D eigenvalue weighted by molar-refractivity contribution is 0.191. The average Bonchev–Trinajstić information content (AvgIpc) is 1.99. The first-order chi connectivity index (χ1) is 4.85. The van der Waals surface area contributed by atoms with Crippen molar-refractivity contribution in [2.24, 2.45) is 0 Å². The third-order valence-corrected chi connectivity index (χ3v) is 1.52. The molecule has 0 saturated heterocycles. The van der Waals surface area contributed by atoms with Crippen LogP contribution in [0.3, 0.4) is 0 Å². The van der Waals surface area contributed by atoms with E-state index in [9.17, 15) is 0 Å². The highest BCUT2D eigenvalue weighted by Gasteiger charge is 1.97. The van der Waals surface area contributed by atoms with Crippen molar-refractivity contribution >= 4 is 0 Å². The molecule has 0 aliphatic rings. The minimum Gasteiger partial charge on any atom is -0.385 e. The van der Waals surface area contributed by atoms with E-state index in [2.05, 4.69) is 11.9 Å². The number of ether oxygens (including phenoxy) is 1. The van der Waals surface area contributed by atoms with Crippen molar-refractivity contribution in [3.8, 4) is 0 Å². The molecular weight excluding hydrogens is 126 g/mol. The molecule has 1 N–H and O–H groups in total. The summed E-state index contributed by atoms with van der Waals surface area (Å²) in [5.41, 5.74) is 0. The number of likely N-dealkylation sites (N-methyl/N-ethyl adjacent to an activating group) is 1. The third kappa shape index (κ3) is 4.53. The van der Waals surface area contributed by atoms with Gasteiger partial charge in [-0.25, -0.2) is 0 Å². The monoisotopic (exact) mass is 143 g/mol. The van der Waals surface area contributed by atoms with Crippen molar-refractivity contribution in [1.82, 2.24) is 5.32 Å². The molecule has 10 heavy (non-hydrogen) atoms. The minimum absolute atomic E-state index is 0.440. The molecule has 0 radical (unpaired) electrons. The molecule has 0 rings (SSSR count). The lowest BCUT2D eigenvalue weighted by atomic mass is 10.1. The van der Waals surface area contributed by atoms with E-state index in [-0.39, 0.29) is 0 Å². The fraction of sp³-hybridized carbons (Fsp3) is 0.750. The van der Waals surface area contributed by atoms with E-state index in [1.807, 2.05) is 13.1 Å². The van der Waals surface area contributed by atoms with Gasteiger partial charge in [0, 0.05) is 19.8 Å². The van der Waals surface area contributed by atoms with E-state index in [4.69, 9.17) is 4.74 Å². The van der Waals surface area contributed by atoms with Gasteiger partial charge < -0.3 is 10.1 Å². The van der Waals surface area contributed by atoms with E-state index in [0.29, 0.717) is 6.04 Å². The first kappa shape index (κ1) is 9.66. The number of hydrogen-bond donors (Lipinski definition) is 1. The van der Waals surface area contributed by atoms with Crippen LogP contribution >= 0.6 is 0 Å². The Morgan fingerprint density at radius 2 is 2.40 bits per heavy atom. The molecule has 60 valence electrons. The number of rotatable bonds is 6. The van der Waals surface area contributed by atoms with Crippen LogP contribution in [0.4, 0.5) is 0 Å². The molecule has 2 nitrogen and oxygen atoms in total. The van der Waals surface area contributed by atoms with Crippen LogP contribution in [0.25, 0.3) is 0 Å². The Morgan fingerprint density at radius 1 is 1.70 bits per heavy atom. The Kier molecular flexibility index (Phi) is 6.55. The largest absolute Gasteiger partial charge is 0.385 e. The summed E-state index contributed by atoms with van der Waals surface area (Å²) < 4.78 is 4.92. The second kappa shape index (κ2) is 6.78. The van der Waals surface area contributed by atoms with E-state index >= 15 is 0 Å². The zero-order valence-corrected chi connectivity index (χ0v) is 6.89. The standard InChI is InChI=1S/C8H17NO/c1-4-8(9-2)6-5-7-10-3/h4,8-9H,1,5-7H2,2-3H3. The van der Waals surface area contributed by atoms with Crippen LogP contribution in [-0.4, -0.2) is 26.8 Å². The van der Waals surface area contributed by atoms with Crippen LogP contribution in [0.2, 0.25) is 0 Å². The summed E-state index contributed by atoms with van der Waals surface area (Å²) >= 11 is 0. The van der Waals surface area contributed by atoms with Gasteiger partial charge in [-0.3, -0.25) is 0 Å². The predicted octanol–water partition coefficient (Wildman–Crippen LogP) is 1.19. The Labute approximate surface area is 63.3 Å². The molecule has 0 spiro atoms. The molecule has 0 saturated carbocycles. The normalized spacial score (nSPS) is 13.0. The Balaban J connectivity index is 3.17. The summed E-state index contributed by atoms with van der Waals surface area (Å²) in [6.45, 7) is 4.55. The lowest BCUT2D eigenvalue weighted by Crippen LogP contribution is -2.22.